The molecule has 0 unspecified atom stereocenters. The van der Waals surface area contributed by atoms with Gasteiger partial charge in [0.25, 0.3) is 5.91 Å². The molecule has 8 heteroatoms. The molecule has 3 rings (SSSR count). The summed E-state index contributed by atoms with van der Waals surface area (Å²) in [5, 5.41) is 2.68. The van der Waals surface area contributed by atoms with E-state index in [2.05, 4.69) is 5.32 Å². The minimum Gasteiger partial charge on any atom is -0.322 e. The second kappa shape index (κ2) is 7.96. The van der Waals surface area contributed by atoms with E-state index in [0.717, 1.165) is 19.3 Å². The van der Waals surface area contributed by atoms with Crippen molar-refractivity contribution < 1.29 is 17.6 Å². The maximum absolute atomic E-state index is 13.4. The summed E-state index contributed by atoms with van der Waals surface area (Å²) in [7, 11) is -3.78. The Morgan fingerprint density at radius 1 is 1.11 bits per heavy atom. The third kappa shape index (κ3) is 4.31. The maximum atomic E-state index is 13.4. The quantitative estimate of drug-likeness (QED) is 0.820. The zero-order chi connectivity index (χ0) is 19.6. The van der Waals surface area contributed by atoms with Gasteiger partial charge >= 0.3 is 0 Å². The third-order valence-corrected chi connectivity index (χ3v) is 6.95. The molecule has 0 bridgehead atoms. The Kier molecular flexibility index (Phi) is 5.83. The first-order valence-electron chi connectivity index (χ1n) is 8.66. The number of carbonyl (C=O) groups excluding carboxylic acids is 1. The number of hydrogen-bond donors (Lipinski definition) is 1. The van der Waals surface area contributed by atoms with Crippen molar-refractivity contribution in [1.29, 1.82) is 0 Å². The zero-order valence-corrected chi connectivity index (χ0v) is 16.4. The van der Waals surface area contributed by atoms with Crippen LogP contribution in [0.4, 0.5) is 10.1 Å². The van der Waals surface area contributed by atoms with Crippen LogP contribution in [-0.4, -0.2) is 31.7 Å². The van der Waals surface area contributed by atoms with Crippen LogP contribution < -0.4 is 5.32 Å². The first-order valence-corrected chi connectivity index (χ1v) is 10.5. The predicted octanol–water partition coefficient (Wildman–Crippen LogP) is 4.21. The van der Waals surface area contributed by atoms with Gasteiger partial charge in [-0.1, -0.05) is 24.1 Å². The summed E-state index contributed by atoms with van der Waals surface area (Å²) >= 11 is 6.12. The molecule has 0 aromatic heterocycles. The number of anilines is 1. The highest BCUT2D eigenvalue weighted by molar-refractivity contribution is 7.89. The van der Waals surface area contributed by atoms with Crippen molar-refractivity contribution in [3.8, 4) is 0 Å². The number of sulfonamides is 1. The highest BCUT2D eigenvalue weighted by atomic mass is 35.5. The molecule has 2 aromatic carbocycles. The van der Waals surface area contributed by atoms with Crippen LogP contribution in [0.3, 0.4) is 0 Å². The van der Waals surface area contributed by atoms with Crippen LogP contribution >= 0.6 is 11.6 Å². The van der Waals surface area contributed by atoms with Crippen LogP contribution in [0, 0.1) is 12.7 Å². The summed E-state index contributed by atoms with van der Waals surface area (Å²) in [5.41, 5.74) is 1.16. The molecule has 2 aromatic rings. The van der Waals surface area contributed by atoms with Gasteiger partial charge in [0.05, 0.1) is 5.02 Å². The van der Waals surface area contributed by atoms with Gasteiger partial charge in [0.1, 0.15) is 10.7 Å². The lowest BCUT2D eigenvalue weighted by molar-refractivity contribution is 0.102. The van der Waals surface area contributed by atoms with Crippen LogP contribution in [0.5, 0.6) is 0 Å². The number of piperidine rings is 1. The molecule has 5 nitrogen and oxygen atoms in total. The smallest absolute Gasteiger partial charge is 0.255 e. The van der Waals surface area contributed by atoms with Crippen molar-refractivity contribution in [2.75, 3.05) is 18.4 Å². The highest BCUT2D eigenvalue weighted by Crippen LogP contribution is 2.28. The highest BCUT2D eigenvalue weighted by Gasteiger charge is 2.28. The number of aryl methyl sites for hydroxylation is 1. The molecule has 1 saturated heterocycles. The molecule has 0 aliphatic carbocycles. The molecule has 0 atom stereocenters. The minimum atomic E-state index is -3.78. The van der Waals surface area contributed by atoms with Crippen molar-refractivity contribution in [3.63, 3.8) is 0 Å². The van der Waals surface area contributed by atoms with Crippen molar-refractivity contribution >= 4 is 33.2 Å². The van der Waals surface area contributed by atoms with Crippen molar-refractivity contribution in [3.05, 3.63) is 58.4 Å². The Morgan fingerprint density at radius 3 is 2.52 bits per heavy atom. The first-order chi connectivity index (χ1) is 12.8. The minimum absolute atomic E-state index is 0.0686. The first kappa shape index (κ1) is 19.8. The molecule has 1 aliphatic heterocycles. The van der Waals surface area contributed by atoms with E-state index in [-0.39, 0.29) is 15.5 Å². The van der Waals surface area contributed by atoms with Crippen LogP contribution in [-0.2, 0) is 10.0 Å². The summed E-state index contributed by atoms with van der Waals surface area (Å²) < 4.78 is 40.6. The summed E-state index contributed by atoms with van der Waals surface area (Å²) in [4.78, 5) is 12.5. The van der Waals surface area contributed by atoms with E-state index >= 15 is 0 Å². The molecule has 1 heterocycles. The average Bonchev–Trinajstić information content (AvgIpc) is 2.65. The summed E-state index contributed by atoms with van der Waals surface area (Å²) in [6, 6.07) is 8.19. The third-order valence-electron chi connectivity index (χ3n) is 4.57. The average molecular weight is 411 g/mol. The van der Waals surface area contributed by atoms with E-state index in [1.807, 2.05) is 0 Å². The lowest BCUT2D eigenvalue weighted by Crippen LogP contribution is -2.35. The van der Waals surface area contributed by atoms with E-state index in [9.17, 15) is 17.6 Å². The molecule has 0 saturated carbocycles. The summed E-state index contributed by atoms with van der Waals surface area (Å²) in [6.45, 7) is 2.62. The van der Waals surface area contributed by atoms with Gasteiger partial charge in [-0.3, -0.25) is 4.79 Å². The molecule has 0 radical (unpaired) electrons. The summed E-state index contributed by atoms with van der Waals surface area (Å²) in [5.74, 6) is -1.00. The van der Waals surface area contributed by atoms with Crippen LogP contribution in [0.15, 0.2) is 41.3 Å². The number of benzene rings is 2. The van der Waals surface area contributed by atoms with Crippen molar-refractivity contribution in [2.24, 2.45) is 0 Å². The molecular weight excluding hydrogens is 391 g/mol. The van der Waals surface area contributed by atoms with E-state index in [0.29, 0.717) is 24.3 Å². The fourth-order valence-corrected chi connectivity index (χ4v) is 5.03. The normalized spacial score (nSPS) is 15.5. The maximum Gasteiger partial charge on any atom is 0.255 e. The standard InChI is InChI=1S/C19H20ClFN2O3S/c1-13-5-7-15(21)12-17(13)22-19(24)14-6-8-16(20)18(11-14)27(25,26)23-9-3-2-4-10-23/h5-8,11-12H,2-4,9-10H2,1H3,(H,22,24). The number of hydrogen-bond acceptors (Lipinski definition) is 3. The second-order valence-corrected chi connectivity index (χ2v) is 8.84. The van der Waals surface area contributed by atoms with E-state index in [4.69, 9.17) is 11.6 Å². The van der Waals surface area contributed by atoms with E-state index < -0.39 is 21.7 Å². The largest absolute Gasteiger partial charge is 0.322 e. The van der Waals surface area contributed by atoms with Gasteiger partial charge in [0, 0.05) is 24.3 Å². The number of halogens is 2. The van der Waals surface area contributed by atoms with Crippen molar-refractivity contribution in [1.82, 2.24) is 4.31 Å². The van der Waals surface area contributed by atoms with Crippen LogP contribution in [0.2, 0.25) is 5.02 Å². The van der Waals surface area contributed by atoms with Gasteiger partial charge in [0.2, 0.25) is 10.0 Å². The van der Waals surface area contributed by atoms with E-state index in [1.54, 1.807) is 13.0 Å². The second-order valence-electron chi connectivity index (χ2n) is 6.52. The predicted molar refractivity (Wildman–Crippen MR) is 103 cm³/mol. The number of amides is 1. The fraction of sp³-hybridized carbons (Fsp3) is 0.316. The number of carbonyl (C=O) groups is 1. The van der Waals surface area contributed by atoms with E-state index in [1.165, 1.54) is 34.6 Å². The Morgan fingerprint density at radius 2 is 1.81 bits per heavy atom. The van der Waals surface area contributed by atoms with Gasteiger partial charge in [-0.05, 0) is 55.7 Å². The Labute approximate surface area is 163 Å². The van der Waals surface area contributed by atoms with Gasteiger partial charge in [-0.25, -0.2) is 12.8 Å². The molecule has 144 valence electrons. The molecule has 1 N–H and O–H groups in total. The Bertz CT molecular complexity index is 973. The molecule has 1 amide bonds. The van der Waals surface area contributed by atoms with Crippen molar-refractivity contribution in [2.45, 2.75) is 31.1 Å². The number of nitrogens with one attached hydrogen (secondary N) is 1. The van der Waals surface area contributed by atoms with Gasteiger partial charge < -0.3 is 5.32 Å². The zero-order valence-electron chi connectivity index (χ0n) is 14.8. The van der Waals surface area contributed by atoms with Crippen LogP contribution in [0.25, 0.3) is 0 Å². The molecular formula is C19H20ClFN2O3S. The topological polar surface area (TPSA) is 66.5 Å². The molecule has 1 fully saturated rings. The Hall–Kier alpha value is -1.96. The molecule has 0 spiro atoms. The summed E-state index contributed by atoms with van der Waals surface area (Å²) in [6.07, 6.45) is 2.60. The SMILES string of the molecule is Cc1ccc(F)cc1NC(=O)c1ccc(Cl)c(S(=O)(=O)N2CCCCC2)c1. The molecule has 27 heavy (non-hydrogen) atoms. The number of rotatable bonds is 4. The fourth-order valence-electron chi connectivity index (χ4n) is 3.01. The Balaban J connectivity index is 1.90. The van der Waals surface area contributed by atoms with Crippen LogP contribution in [0.1, 0.15) is 35.2 Å². The van der Waals surface area contributed by atoms with Gasteiger partial charge in [-0.2, -0.15) is 4.31 Å². The van der Waals surface area contributed by atoms with Gasteiger partial charge in [-0.15, -0.1) is 0 Å². The molecule has 1 aliphatic rings. The van der Waals surface area contributed by atoms with Gasteiger partial charge in [0.15, 0.2) is 0 Å². The number of nitrogens with zero attached hydrogens (tertiary/aromatic N) is 1. The monoisotopic (exact) mass is 410 g/mol. The lowest BCUT2D eigenvalue weighted by atomic mass is 10.1. The lowest BCUT2D eigenvalue weighted by Gasteiger charge is -2.26.